The zero-order valence-electron chi connectivity index (χ0n) is 14.8. The Morgan fingerprint density at radius 2 is 1.84 bits per heavy atom. The molecule has 4 heterocycles. The number of furan rings is 1. The molecule has 1 aromatic rings. The fraction of sp³-hybridized carbons (Fsp3) is 0.684. The van der Waals surface area contributed by atoms with Crippen molar-refractivity contribution in [1.29, 1.82) is 0 Å². The van der Waals surface area contributed by atoms with E-state index in [0.29, 0.717) is 32.1 Å². The van der Waals surface area contributed by atoms with Gasteiger partial charge in [-0.05, 0) is 44.7 Å². The second kappa shape index (κ2) is 6.48. The molecule has 0 N–H and O–H groups in total. The lowest BCUT2D eigenvalue weighted by Crippen LogP contribution is -2.45. The van der Waals surface area contributed by atoms with Crippen molar-refractivity contribution in [3.63, 3.8) is 0 Å². The van der Waals surface area contributed by atoms with E-state index in [0.717, 1.165) is 44.5 Å². The van der Waals surface area contributed by atoms with Gasteiger partial charge in [-0.1, -0.05) is 0 Å². The highest BCUT2D eigenvalue weighted by molar-refractivity contribution is 5.93. The van der Waals surface area contributed by atoms with Gasteiger partial charge in [0.2, 0.25) is 5.91 Å². The number of amides is 2. The molecule has 1 atom stereocenters. The summed E-state index contributed by atoms with van der Waals surface area (Å²) >= 11 is 0. The Hall–Kier alpha value is -1.82. The van der Waals surface area contributed by atoms with Crippen LogP contribution in [0, 0.1) is 18.3 Å². The zero-order valence-corrected chi connectivity index (χ0v) is 14.8. The number of hydrogen-bond acceptors (Lipinski definition) is 4. The van der Waals surface area contributed by atoms with Crippen LogP contribution in [-0.2, 0) is 9.53 Å². The number of hydrogen-bond donors (Lipinski definition) is 0. The van der Waals surface area contributed by atoms with Gasteiger partial charge in [-0.15, -0.1) is 0 Å². The van der Waals surface area contributed by atoms with E-state index in [1.54, 1.807) is 12.1 Å². The van der Waals surface area contributed by atoms with E-state index >= 15 is 0 Å². The first-order valence-corrected chi connectivity index (χ1v) is 9.31. The predicted octanol–water partition coefficient (Wildman–Crippen LogP) is 2.08. The summed E-state index contributed by atoms with van der Waals surface area (Å²) in [5, 5.41) is 0. The summed E-state index contributed by atoms with van der Waals surface area (Å²) in [6.07, 6.45) is 3.86. The second-order valence-electron chi connectivity index (χ2n) is 7.66. The molecule has 1 aromatic heterocycles. The average Bonchev–Trinajstić information content (AvgIpc) is 3.35. The van der Waals surface area contributed by atoms with E-state index in [4.69, 9.17) is 9.15 Å². The quantitative estimate of drug-likeness (QED) is 0.822. The van der Waals surface area contributed by atoms with E-state index < -0.39 is 0 Å². The molecule has 25 heavy (non-hydrogen) atoms. The van der Waals surface area contributed by atoms with Gasteiger partial charge in [-0.25, -0.2) is 0 Å². The minimum absolute atomic E-state index is 0.101. The molecule has 3 fully saturated rings. The van der Waals surface area contributed by atoms with Crippen LogP contribution in [0.1, 0.15) is 42.0 Å². The zero-order chi connectivity index (χ0) is 17.4. The van der Waals surface area contributed by atoms with Gasteiger partial charge in [-0.3, -0.25) is 9.59 Å². The number of carbonyl (C=O) groups is 2. The van der Waals surface area contributed by atoms with Crippen molar-refractivity contribution in [2.45, 2.75) is 32.6 Å². The monoisotopic (exact) mass is 346 g/mol. The van der Waals surface area contributed by atoms with Gasteiger partial charge in [0.1, 0.15) is 5.76 Å². The highest BCUT2D eigenvalue weighted by Crippen LogP contribution is 2.45. The van der Waals surface area contributed by atoms with Crippen LogP contribution >= 0.6 is 0 Å². The summed E-state index contributed by atoms with van der Waals surface area (Å²) in [5.74, 6) is 1.11. The first-order chi connectivity index (χ1) is 12.1. The average molecular weight is 346 g/mol. The van der Waals surface area contributed by atoms with Crippen molar-refractivity contribution in [3.05, 3.63) is 23.7 Å². The van der Waals surface area contributed by atoms with E-state index in [9.17, 15) is 9.59 Å². The molecule has 3 aliphatic rings. The lowest BCUT2D eigenvalue weighted by Gasteiger charge is -2.38. The molecule has 6 nitrogen and oxygen atoms in total. The Bertz CT molecular complexity index is 656. The summed E-state index contributed by atoms with van der Waals surface area (Å²) < 4.78 is 11.1. The maximum absolute atomic E-state index is 13.2. The van der Waals surface area contributed by atoms with Crippen molar-refractivity contribution in [1.82, 2.24) is 9.80 Å². The fourth-order valence-electron chi connectivity index (χ4n) is 4.61. The Labute approximate surface area is 148 Å². The number of ether oxygens (including phenoxy) is 1. The maximum Gasteiger partial charge on any atom is 0.289 e. The van der Waals surface area contributed by atoms with Crippen molar-refractivity contribution in [2.24, 2.45) is 11.3 Å². The molecule has 0 bridgehead atoms. The summed E-state index contributed by atoms with van der Waals surface area (Å²) in [6, 6.07) is 3.53. The number of rotatable bonds is 2. The first-order valence-electron chi connectivity index (χ1n) is 9.31. The molecule has 136 valence electrons. The minimum Gasteiger partial charge on any atom is -0.456 e. The molecule has 1 spiro atoms. The number of likely N-dealkylation sites (tertiary alicyclic amines) is 2. The Morgan fingerprint density at radius 1 is 1.12 bits per heavy atom. The number of aryl methyl sites for hydroxylation is 1. The van der Waals surface area contributed by atoms with E-state index in [1.807, 2.05) is 16.7 Å². The molecule has 0 saturated carbocycles. The van der Waals surface area contributed by atoms with Gasteiger partial charge in [0.05, 0.1) is 5.92 Å². The van der Waals surface area contributed by atoms with Crippen molar-refractivity contribution in [3.8, 4) is 0 Å². The van der Waals surface area contributed by atoms with Crippen molar-refractivity contribution < 1.29 is 18.7 Å². The van der Waals surface area contributed by atoms with Crippen LogP contribution in [0.5, 0.6) is 0 Å². The standard InChI is InChI=1S/C19H26N2O4/c1-14-4-5-16(25-14)18(23)21-12-15(17(22)20-8-2-3-9-20)19(13-21)6-10-24-11-7-19/h4-5,15H,2-3,6-13H2,1H3/t15-/m0/s1. The number of nitrogens with zero attached hydrogens (tertiary/aromatic N) is 2. The Kier molecular flexibility index (Phi) is 4.31. The summed E-state index contributed by atoms with van der Waals surface area (Å²) in [5.41, 5.74) is -0.144. The molecule has 3 aliphatic heterocycles. The van der Waals surface area contributed by atoms with Gasteiger partial charge in [0.25, 0.3) is 5.91 Å². The topological polar surface area (TPSA) is 63.0 Å². The van der Waals surface area contributed by atoms with E-state index in [2.05, 4.69) is 0 Å². The van der Waals surface area contributed by atoms with Gasteiger partial charge in [0.15, 0.2) is 5.76 Å². The van der Waals surface area contributed by atoms with Gasteiger partial charge in [-0.2, -0.15) is 0 Å². The van der Waals surface area contributed by atoms with Gasteiger partial charge in [0, 0.05) is 44.8 Å². The van der Waals surface area contributed by atoms with Crippen LogP contribution in [0.2, 0.25) is 0 Å². The third kappa shape index (κ3) is 2.97. The molecule has 0 radical (unpaired) electrons. The van der Waals surface area contributed by atoms with Gasteiger partial charge < -0.3 is 19.0 Å². The van der Waals surface area contributed by atoms with E-state index in [-0.39, 0.29) is 23.1 Å². The summed E-state index contributed by atoms with van der Waals surface area (Å²) in [7, 11) is 0. The maximum atomic E-state index is 13.2. The molecular weight excluding hydrogens is 320 g/mol. The highest BCUT2D eigenvalue weighted by atomic mass is 16.5. The van der Waals surface area contributed by atoms with Crippen LogP contribution in [-0.4, -0.2) is 61.0 Å². The largest absolute Gasteiger partial charge is 0.456 e. The first kappa shape index (κ1) is 16.6. The molecule has 0 unspecified atom stereocenters. The Balaban J connectivity index is 1.57. The smallest absolute Gasteiger partial charge is 0.289 e. The van der Waals surface area contributed by atoms with Crippen LogP contribution < -0.4 is 0 Å². The van der Waals surface area contributed by atoms with Crippen LogP contribution in [0.25, 0.3) is 0 Å². The van der Waals surface area contributed by atoms with Crippen LogP contribution in [0.15, 0.2) is 16.5 Å². The molecular formula is C19H26N2O4. The van der Waals surface area contributed by atoms with Crippen LogP contribution in [0.3, 0.4) is 0 Å². The third-order valence-electron chi connectivity index (χ3n) is 6.09. The minimum atomic E-state index is -0.144. The number of carbonyl (C=O) groups excluding carboxylic acids is 2. The summed E-state index contributed by atoms with van der Waals surface area (Å²) in [6.45, 7) is 6.01. The van der Waals surface area contributed by atoms with E-state index in [1.165, 1.54) is 0 Å². The predicted molar refractivity (Wildman–Crippen MR) is 91.1 cm³/mol. The highest BCUT2D eigenvalue weighted by Gasteiger charge is 2.53. The second-order valence-corrected chi connectivity index (χ2v) is 7.66. The summed E-state index contributed by atoms with van der Waals surface area (Å²) in [4.78, 5) is 29.8. The molecule has 4 rings (SSSR count). The van der Waals surface area contributed by atoms with Crippen molar-refractivity contribution in [2.75, 3.05) is 39.4 Å². The molecule has 6 heteroatoms. The molecule has 2 amide bonds. The SMILES string of the molecule is Cc1ccc(C(=O)N2C[C@@H](C(=O)N3CCCC3)C3(CCOCC3)C2)o1. The lowest BCUT2D eigenvalue weighted by molar-refractivity contribution is -0.139. The van der Waals surface area contributed by atoms with Gasteiger partial charge >= 0.3 is 0 Å². The molecule has 3 saturated heterocycles. The normalized spacial score (nSPS) is 25.7. The van der Waals surface area contributed by atoms with Crippen LogP contribution in [0.4, 0.5) is 0 Å². The van der Waals surface area contributed by atoms with Crippen molar-refractivity contribution >= 4 is 11.8 Å². The molecule has 0 aliphatic carbocycles. The lowest BCUT2D eigenvalue weighted by atomic mass is 9.71. The Morgan fingerprint density at radius 3 is 2.48 bits per heavy atom. The fourth-order valence-corrected chi connectivity index (χ4v) is 4.61. The molecule has 0 aromatic carbocycles. The third-order valence-corrected chi connectivity index (χ3v) is 6.09.